The minimum Gasteiger partial charge on any atom is -0.383 e. The lowest BCUT2D eigenvalue weighted by Gasteiger charge is -2.42. The van der Waals surface area contributed by atoms with Crippen molar-refractivity contribution in [2.75, 3.05) is 12.3 Å². The molecule has 1 fully saturated rings. The number of rotatable bonds is 4. The van der Waals surface area contributed by atoms with Gasteiger partial charge in [-0.2, -0.15) is 0 Å². The summed E-state index contributed by atoms with van der Waals surface area (Å²) in [5.41, 5.74) is 7.46. The Morgan fingerprint density at radius 3 is 2.69 bits per heavy atom. The van der Waals surface area contributed by atoms with Gasteiger partial charge < -0.3 is 16.0 Å². The fourth-order valence-corrected chi connectivity index (χ4v) is 3.60. The molecule has 0 aliphatic carbocycles. The van der Waals surface area contributed by atoms with Gasteiger partial charge in [0.1, 0.15) is 5.82 Å². The molecule has 2 aromatic rings. The van der Waals surface area contributed by atoms with Gasteiger partial charge in [-0.05, 0) is 37.0 Å². The van der Waals surface area contributed by atoms with E-state index in [1.54, 1.807) is 18.3 Å². The van der Waals surface area contributed by atoms with Crippen molar-refractivity contribution in [3.8, 4) is 0 Å². The highest BCUT2D eigenvalue weighted by Gasteiger charge is 2.35. The largest absolute Gasteiger partial charge is 0.383 e. The second-order valence-electron chi connectivity index (χ2n) is 6.64. The number of nitrogen functional groups attached to an aromatic ring is 1. The first kappa shape index (κ1) is 17.9. The first-order chi connectivity index (χ1) is 12.6. The van der Waals surface area contributed by atoms with Crippen LogP contribution in [0, 0.1) is 0 Å². The van der Waals surface area contributed by atoms with Crippen LogP contribution in [0.1, 0.15) is 35.7 Å². The standard InChI is InChI=1S/C20H24N4O2/c1-14(25)23-17-10-6-12-24(18(17)13-15-7-3-2-4-8-15)20(26)16-9-5-11-22-19(16)21/h2-5,7-9,11,17-18H,6,10,12-13H2,1H3,(H2,21,22)(H,23,25)/t17-,18-/m0/s1. The van der Waals surface area contributed by atoms with E-state index in [9.17, 15) is 9.59 Å². The molecule has 1 aromatic heterocycles. The number of hydrogen-bond donors (Lipinski definition) is 2. The second-order valence-corrected chi connectivity index (χ2v) is 6.64. The SMILES string of the molecule is CC(=O)N[C@H]1CCCN(C(=O)c2cccnc2N)[C@H]1Cc1ccccc1. The van der Waals surface area contributed by atoms with Gasteiger partial charge in [0, 0.05) is 25.7 Å². The van der Waals surface area contributed by atoms with Gasteiger partial charge in [0.25, 0.3) is 5.91 Å². The molecule has 1 aromatic carbocycles. The van der Waals surface area contributed by atoms with Gasteiger partial charge in [-0.1, -0.05) is 30.3 Å². The number of carbonyl (C=O) groups excluding carboxylic acids is 2. The van der Waals surface area contributed by atoms with Crippen LogP contribution in [0.3, 0.4) is 0 Å². The van der Waals surface area contributed by atoms with Gasteiger partial charge in [0.2, 0.25) is 5.91 Å². The van der Waals surface area contributed by atoms with Crippen LogP contribution in [0.5, 0.6) is 0 Å². The summed E-state index contributed by atoms with van der Waals surface area (Å²) < 4.78 is 0. The number of hydrogen-bond acceptors (Lipinski definition) is 4. The second kappa shape index (κ2) is 7.99. The number of anilines is 1. The Balaban J connectivity index is 1.90. The van der Waals surface area contributed by atoms with E-state index in [1.165, 1.54) is 6.92 Å². The van der Waals surface area contributed by atoms with Crippen LogP contribution in [0.2, 0.25) is 0 Å². The Morgan fingerprint density at radius 1 is 1.23 bits per heavy atom. The first-order valence-electron chi connectivity index (χ1n) is 8.88. The number of likely N-dealkylation sites (tertiary alicyclic amines) is 1. The summed E-state index contributed by atoms with van der Waals surface area (Å²) in [6, 6.07) is 13.2. The topological polar surface area (TPSA) is 88.3 Å². The zero-order valence-corrected chi connectivity index (χ0v) is 14.9. The monoisotopic (exact) mass is 352 g/mol. The van der Waals surface area contributed by atoms with Crippen LogP contribution in [0.15, 0.2) is 48.7 Å². The molecule has 2 amide bonds. The first-order valence-corrected chi connectivity index (χ1v) is 8.88. The molecular formula is C20H24N4O2. The molecular weight excluding hydrogens is 328 g/mol. The third-order valence-corrected chi connectivity index (χ3v) is 4.79. The Bertz CT molecular complexity index is 778. The number of carbonyl (C=O) groups is 2. The Labute approximate surface area is 153 Å². The molecule has 0 unspecified atom stereocenters. The number of aromatic nitrogens is 1. The highest BCUT2D eigenvalue weighted by atomic mass is 16.2. The fraction of sp³-hybridized carbons (Fsp3) is 0.350. The van der Waals surface area contributed by atoms with E-state index in [0.29, 0.717) is 18.5 Å². The van der Waals surface area contributed by atoms with Crippen molar-refractivity contribution < 1.29 is 9.59 Å². The van der Waals surface area contributed by atoms with Gasteiger partial charge in [-0.25, -0.2) is 4.98 Å². The molecule has 6 nitrogen and oxygen atoms in total. The molecule has 6 heteroatoms. The van der Waals surface area contributed by atoms with Crippen LogP contribution in [-0.2, 0) is 11.2 Å². The number of pyridine rings is 1. The number of benzene rings is 1. The summed E-state index contributed by atoms with van der Waals surface area (Å²) in [5.74, 6) is 0.0208. The normalized spacial score (nSPS) is 19.8. The summed E-state index contributed by atoms with van der Waals surface area (Å²) in [6.45, 7) is 2.15. The van der Waals surface area contributed by atoms with E-state index < -0.39 is 0 Å². The van der Waals surface area contributed by atoms with E-state index in [2.05, 4.69) is 10.3 Å². The van der Waals surface area contributed by atoms with Gasteiger partial charge in [-0.3, -0.25) is 9.59 Å². The Kier molecular flexibility index (Phi) is 5.51. The molecule has 0 saturated carbocycles. The predicted octanol–water partition coefficient (Wildman–Crippen LogP) is 2.02. The molecule has 1 aliphatic rings. The molecule has 26 heavy (non-hydrogen) atoms. The maximum Gasteiger partial charge on any atom is 0.257 e. The molecule has 3 N–H and O–H groups in total. The quantitative estimate of drug-likeness (QED) is 0.881. The molecule has 136 valence electrons. The van der Waals surface area contributed by atoms with Gasteiger partial charge >= 0.3 is 0 Å². The zero-order valence-electron chi connectivity index (χ0n) is 14.9. The van der Waals surface area contributed by atoms with E-state index in [0.717, 1.165) is 18.4 Å². The molecule has 1 aliphatic heterocycles. The smallest absolute Gasteiger partial charge is 0.257 e. The van der Waals surface area contributed by atoms with Crippen molar-refractivity contribution in [2.24, 2.45) is 0 Å². The van der Waals surface area contributed by atoms with Crippen molar-refractivity contribution in [3.63, 3.8) is 0 Å². The average molecular weight is 352 g/mol. The Hall–Kier alpha value is -2.89. The van der Waals surface area contributed by atoms with Gasteiger partial charge in [-0.15, -0.1) is 0 Å². The highest BCUT2D eigenvalue weighted by molar-refractivity contribution is 5.98. The predicted molar refractivity (Wildman–Crippen MR) is 100 cm³/mol. The maximum atomic E-state index is 13.1. The van der Waals surface area contributed by atoms with Gasteiger partial charge in [0.05, 0.1) is 11.6 Å². The van der Waals surface area contributed by atoms with Crippen molar-refractivity contribution in [1.29, 1.82) is 0 Å². The summed E-state index contributed by atoms with van der Waals surface area (Å²) in [4.78, 5) is 30.7. The molecule has 2 heterocycles. The van der Waals surface area contributed by atoms with Crippen LogP contribution in [-0.4, -0.2) is 40.3 Å². The maximum absolute atomic E-state index is 13.1. The molecule has 2 atom stereocenters. The molecule has 0 bridgehead atoms. The number of amides is 2. The summed E-state index contributed by atoms with van der Waals surface area (Å²) in [5, 5.41) is 3.02. The lowest BCUT2D eigenvalue weighted by atomic mass is 9.90. The molecule has 0 spiro atoms. The van der Waals surface area contributed by atoms with E-state index >= 15 is 0 Å². The molecule has 3 rings (SSSR count). The lowest BCUT2D eigenvalue weighted by Crippen LogP contribution is -2.57. The number of nitrogens with zero attached hydrogens (tertiary/aromatic N) is 2. The highest BCUT2D eigenvalue weighted by Crippen LogP contribution is 2.24. The third kappa shape index (κ3) is 4.02. The number of piperidine rings is 1. The van der Waals surface area contributed by atoms with Crippen LogP contribution in [0.4, 0.5) is 5.82 Å². The van der Waals surface area contributed by atoms with Crippen LogP contribution in [0.25, 0.3) is 0 Å². The van der Waals surface area contributed by atoms with Crippen molar-refractivity contribution in [3.05, 3.63) is 59.8 Å². The summed E-state index contributed by atoms with van der Waals surface area (Å²) in [6.07, 6.45) is 3.94. The van der Waals surface area contributed by atoms with Gasteiger partial charge in [0.15, 0.2) is 0 Å². The fourth-order valence-electron chi connectivity index (χ4n) is 3.60. The van der Waals surface area contributed by atoms with Crippen molar-refractivity contribution in [2.45, 2.75) is 38.3 Å². The molecule has 0 radical (unpaired) electrons. The van der Waals surface area contributed by atoms with E-state index in [1.807, 2.05) is 35.2 Å². The average Bonchev–Trinajstić information content (AvgIpc) is 2.63. The minimum atomic E-state index is -0.133. The summed E-state index contributed by atoms with van der Waals surface area (Å²) >= 11 is 0. The van der Waals surface area contributed by atoms with Crippen LogP contribution < -0.4 is 11.1 Å². The number of nitrogens with one attached hydrogen (secondary N) is 1. The molecule has 1 saturated heterocycles. The zero-order chi connectivity index (χ0) is 18.5. The third-order valence-electron chi connectivity index (χ3n) is 4.79. The van der Waals surface area contributed by atoms with E-state index in [4.69, 9.17) is 5.73 Å². The minimum absolute atomic E-state index is 0.0803. The number of nitrogens with two attached hydrogens (primary N) is 1. The lowest BCUT2D eigenvalue weighted by molar-refractivity contribution is -0.120. The Morgan fingerprint density at radius 2 is 2.00 bits per heavy atom. The summed E-state index contributed by atoms with van der Waals surface area (Å²) in [7, 11) is 0. The van der Waals surface area contributed by atoms with E-state index in [-0.39, 0.29) is 29.7 Å². The van der Waals surface area contributed by atoms with Crippen molar-refractivity contribution >= 4 is 17.6 Å². The van der Waals surface area contributed by atoms with Crippen molar-refractivity contribution in [1.82, 2.24) is 15.2 Å². The van der Waals surface area contributed by atoms with Crippen LogP contribution >= 0.6 is 0 Å².